The van der Waals surface area contributed by atoms with Gasteiger partial charge >= 0.3 is 0 Å². The summed E-state index contributed by atoms with van der Waals surface area (Å²) < 4.78 is 1.96. The van der Waals surface area contributed by atoms with Crippen molar-refractivity contribution in [3.63, 3.8) is 0 Å². The summed E-state index contributed by atoms with van der Waals surface area (Å²) in [5.41, 5.74) is 0. The van der Waals surface area contributed by atoms with E-state index in [0.29, 0.717) is 12.3 Å². The Kier molecular flexibility index (Phi) is 2.21. The van der Waals surface area contributed by atoms with Gasteiger partial charge in [0.05, 0.1) is 6.10 Å². The molecular formula is C10H16N4O. The van der Waals surface area contributed by atoms with Crippen LogP contribution in [0, 0.1) is 0 Å². The molecule has 5 nitrogen and oxygen atoms in total. The van der Waals surface area contributed by atoms with Crippen LogP contribution in [0.4, 0.5) is 0 Å². The monoisotopic (exact) mass is 208 g/mol. The van der Waals surface area contributed by atoms with E-state index in [-0.39, 0.29) is 6.10 Å². The molecular weight excluding hydrogens is 192 g/mol. The third-order valence-corrected chi connectivity index (χ3v) is 3.28. The maximum atomic E-state index is 9.54. The van der Waals surface area contributed by atoms with Crippen LogP contribution in [0.5, 0.6) is 0 Å². The molecule has 0 radical (unpaired) electrons. The van der Waals surface area contributed by atoms with Gasteiger partial charge in [-0.1, -0.05) is 0 Å². The van der Waals surface area contributed by atoms with Gasteiger partial charge in [0.15, 0.2) is 5.82 Å². The molecule has 15 heavy (non-hydrogen) atoms. The summed E-state index contributed by atoms with van der Waals surface area (Å²) in [6.45, 7) is 2.87. The molecule has 1 saturated heterocycles. The summed E-state index contributed by atoms with van der Waals surface area (Å²) in [6.07, 6.45) is 2.37. The summed E-state index contributed by atoms with van der Waals surface area (Å²) in [5, 5.41) is 17.4. The van der Waals surface area contributed by atoms with Crippen LogP contribution in [-0.4, -0.2) is 39.1 Å². The van der Waals surface area contributed by atoms with E-state index in [1.165, 1.54) is 0 Å². The lowest BCUT2D eigenvalue weighted by molar-refractivity contribution is 0.138. The molecule has 1 fully saturated rings. The summed E-state index contributed by atoms with van der Waals surface area (Å²) in [4.78, 5) is 4.54. The zero-order valence-electron chi connectivity index (χ0n) is 8.69. The number of hydrogen-bond acceptors (Lipinski definition) is 4. The minimum Gasteiger partial charge on any atom is -0.393 e. The largest absolute Gasteiger partial charge is 0.393 e. The molecule has 0 aromatic carbocycles. The van der Waals surface area contributed by atoms with Gasteiger partial charge in [-0.05, 0) is 19.4 Å². The van der Waals surface area contributed by atoms with Gasteiger partial charge in [0.25, 0.3) is 0 Å². The maximum absolute atomic E-state index is 9.54. The first-order valence-electron chi connectivity index (χ1n) is 5.65. The number of fused-ring (bicyclic) bond motifs is 1. The molecule has 3 rings (SSSR count). The minimum atomic E-state index is -0.226. The summed E-state index contributed by atoms with van der Waals surface area (Å²) >= 11 is 0. The van der Waals surface area contributed by atoms with E-state index >= 15 is 0 Å². The normalized spacial score (nSPS) is 30.5. The molecule has 0 spiro atoms. The Morgan fingerprint density at radius 2 is 2.33 bits per heavy atom. The molecule has 2 aliphatic heterocycles. The van der Waals surface area contributed by atoms with E-state index in [4.69, 9.17) is 0 Å². The lowest BCUT2D eigenvalue weighted by Crippen LogP contribution is -2.23. The van der Waals surface area contributed by atoms with E-state index in [2.05, 4.69) is 15.4 Å². The van der Waals surface area contributed by atoms with E-state index in [9.17, 15) is 5.11 Å². The third kappa shape index (κ3) is 1.66. The number of aliphatic hydroxyl groups is 1. The lowest BCUT2D eigenvalue weighted by Gasteiger charge is -2.16. The van der Waals surface area contributed by atoms with Gasteiger partial charge in [0.1, 0.15) is 5.82 Å². The van der Waals surface area contributed by atoms with E-state index in [1.807, 2.05) is 4.68 Å². The highest BCUT2D eigenvalue weighted by Gasteiger charge is 2.25. The first-order chi connectivity index (χ1) is 7.33. The van der Waals surface area contributed by atoms with Crippen LogP contribution in [0.3, 0.4) is 0 Å². The van der Waals surface area contributed by atoms with E-state index in [1.54, 1.807) is 0 Å². The van der Waals surface area contributed by atoms with Crippen LogP contribution in [-0.2, 0) is 13.0 Å². The van der Waals surface area contributed by atoms with Gasteiger partial charge < -0.3 is 10.4 Å². The average molecular weight is 208 g/mol. The minimum absolute atomic E-state index is 0.226. The number of aliphatic hydroxyl groups excluding tert-OH is 1. The lowest BCUT2D eigenvalue weighted by atomic mass is 10.1. The highest BCUT2D eigenvalue weighted by atomic mass is 16.3. The van der Waals surface area contributed by atoms with Crippen molar-refractivity contribution in [1.82, 2.24) is 20.1 Å². The summed E-state index contributed by atoms with van der Waals surface area (Å²) in [5.74, 6) is 2.39. The Morgan fingerprint density at radius 3 is 3.13 bits per heavy atom. The van der Waals surface area contributed by atoms with Crippen LogP contribution in [0.2, 0.25) is 0 Å². The Morgan fingerprint density at radius 1 is 1.40 bits per heavy atom. The second-order valence-corrected chi connectivity index (χ2v) is 4.45. The van der Waals surface area contributed by atoms with Gasteiger partial charge in [-0.15, -0.1) is 0 Å². The van der Waals surface area contributed by atoms with E-state index in [0.717, 1.165) is 44.1 Å². The van der Waals surface area contributed by atoms with Crippen molar-refractivity contribution in [1.29, 1.82) is 0 Å². The third-order valence-electron chi connectivity index (χ3n) is 3.28. The molecule has 2 aliphatic rings. The molecule has 82 valence electrons. The number of nitrogens with zero attached hydrogens (tertiary/aromatic N) is 3. The molecule has 0 amide bonds. The fourth-order valence-electron chi connectivity index (χ4n) is 2.36. The van der Waals surface area contributed by atoms with Crippen LogP contribution in [0.25, 0.3) is 0 Å². The molecule has 0 aliphatic carbocycles. The Balaban J connectivity index is 1.85. The highest BCUT2D eigenvalue weighted by Crippen LogP contribution is 2.21. The van der Waals surface area contributed by atoms with Crippen LogP contribution in [0.1, 0.15) is 30.4 Å². The number of hydrogen-bond donors (Lipinski definition) is 2. The topological polar surface area (TPSA) is 63.0 Å². The maximum Gasteiger partial charge on any atom is 0.155 e. The van der Waals surface area contributed by atoms with Gasteiger partial charge in [0.2, 0.25) is 0 Å². The second-order valence-electron chi connectivity index (χ2n) is 4.45. The van der Waals surface area contributed by atoms with Gasteiger partial charge in [0, 0.05) is 25.4 Å². The van der Waals surface area contributed by atoms with Crippen LogP contribution in [0.15, 0.2) is 0 Å². The van der Waals surface area contributed by atoms with Gasteiger partial charge in [-0.2, -0.15) is 5.10 Å². The quantitative estimate of drug-likeness (QED) is 0.663. The van der Waals surface area contributed by atoms with E-state index < -0.39 is 0 Å². The van der Waals surface area contributed by atoms with Crippen molar-refractivity contribution >= 4 is 0 Å². The van der Waals surface area contributed by atoms with Crippen LogP contribution < -0.4 is 5.32 Å². The molecule has 2 unspecified atom stereocenters. The Hall–Kier alpha value is -0.940. The molecule has 5 heteroatoms. The molecule has 1 aromatic rings. The Labute approximate surface area is 88.5 Å². The van der Waals surface area contributed by atoms with Crippen molar-refractivity contribution in [2.24, 2.45) is 0 Å². The predicted molar refractivity (Wildman–Crippen MR) is 54.6 cm³/mol. The number of nitrogens with one attached hydrogen (secondary N) is 1. The molecule has 2 N–H and O–H groups in total. The number of aromatic nitrogens is 3. The number of rotatable bonds is 1. The van der Waals surface area contributed by atoms with Crippen LogP contribution >= 0.6 is 0 Å². The summed E-state index contributed by atoms with van der Waals surface area (Å²) in [7, 11) is 0. The second kappa shape index (κ2) is 3.57. The molecule has 0 saturated carbocycles. The van der Waals surface area contributed by atoms with Crippen molar-refractivity contribution in [2.75, 3.05) is 13.1 Å². The molecule has 3 heterocycles. The standard InChI is InChI=1S/C10H16N4O/c15-8-2-4-14-9(5-8)12-10(13-14)7-1-3-11-6-7/h7-8,11,15H,1-6H2. The highest BCUT2D eigenvalue weighted by molar-refractivity contribution is 5.04. The molecule has 0 bridgehead atoms. The fourth-order valence-corrected chi connectivity index (χ4v) is 2.36. The predicted octanol–water partition coefficient (Wildman–Crippen LogP) is -0.338. The number of aryl methyl sites for hydroxylation is 1. The first kappa shape index (κ1) is 9.30. The van der Waals surface area contributed by atoms with Gasteiger partial charge in [-0.3, -0.25) is 0 Å². The van der Waals surface area contributed by atoms with Gasteiger partial charge in [-0.25, -0.2) is 9.67 Å². The zero-order chi connectivity index (χ0) is 10.3. The SMILES string of the molecule is OC1CCn2nc(C3CCNC3)nc2C1. The first-order valence-corrected chi connectivity index (χ1v) is 5.65. The zero-order valence-corrected chi connectivity index (χ0v) is 8.69. The van der Waals surface area contributed by atoms with Crippen molar-refractivity contribution in [3.05, 3.63) is 11.6 Å². The van der Waals surface area contributed by atoms with Crippen molar-refractivity contribution < 1.29 is 5.11 Å². The summed E-state index contributed by atoms with van der Waals surface area (Å²) in [6, 6.07) is 0. The van der Waals surface area contributed by atoms with Crippen molar-refractivity contribution in [3.8, 4) is 0 Å². The average Bonchev–Trinajstić information content (AvgIpc) is 2.84. The Bertz CT molecular complexity index is 356. The fraction of sp³-hybridized carbons (Fsp3) is 0.800. The van der Waals surface area contributed by atoms with Crippen molar-refractivity contribution in [2.45, 2.75) is 37.8 Å². The smallest absolute Gasteiger partial charge is 0.155 e. The molecule has 1 aromatic heterocycles. The molecule has 2 atom stereocenters.